The molecule has 0 aliphatic rings. The monoisotopic (exact) mass is 158 g/mol. The van der Waals surface area contributed by atoms with Crippen LogP contribution in [0.3, 0.4) is 0 Å². The van der Waals surface area contributed by atoms with Crippen LogP contribution < -0.4 is 0 Å². The van der Waals surface area contributed by atoms with Gasteiger partial charge in [-0.3, -0.25) is 4.79 Å². The zero-order valence-electron chi connectivity index (χ0n) is 6.23. The van der Waals surface area contributed by atoms with Crippen LogP contribution >= 0.6 is 0 Å². The number of hydrogen-bond acceptors (Lipinski definition) is 3. The van der Waals surface area contributed by atoms with Gasteiger partial charge in [-0.15, -0.1) is 5.11 Å². The molecule has 0 aromatic carbocycles. The number of rotatable bonds is 5. The van der Waals surface area contributed by atoms with Gasteiger partial charge in [0.25, 0.3) is 6.41 Å². The van der Waals surface area contributed by atoms with Gasteiger partial charge in [-0.2, -0.15) is 5.11 Å². The number of aliphatic carboxylic acids is 1. The van der Waals surface area contributed by atoms with E-state index in [1.807, 2.05) is 6.92 Å². The van der Waals surface area contributed by atoms with E-state index in [4.69, 9.17) is 5.11 Å². The van der Waals surface area contributed by atoms with Crippen molar-refractivity contribution in [3.05, 3.63) is 0 Å². The summed E-state index contributed by atoms with van der Waals surface area (Å²) in [6.45, 7) is 1.84. The van der Waals surface area contributed by atoms with Crippen LogP contribution in [0.25, 0.3) is 0 Å². The number of azo groups is 1. The summed E-state index contributed by atoms with van der Waals surface area (Å²) >= 11 is 0. The predicted molar refractivity (Wildman–Crippen MR) is 37.3 cm³/mol. The highest BCUT2D eigenvalue weighted by Gasteiger charge is 2.14. The summed E-state index contributed by atoms with van der Waals surface area (Å²) in [6, 6.07) is -0.870. The number of carboxylic acid groups (broad SMARTS) is 1. The lowest BCUT2D eigenvalue weighted by molar-refractivity contribution is -0.138. The number of amides is 1. The molecule has 5 heteroatoms. The summed E-state index contributed by atoms with van der Waals surface area (Å²) in [5.41, 5.74) is 0. The van der Waals surface area contributed by atoms with Crippen LogP contribution in [0.5, 0.6) is 0 Å². The summed E-state index contributed by atoms with van der Waals surface area (Å²) in [5, 5.41) is 14.7. The molecule has 1 amide bonds. The standard InChI is InChI=1S/C6H10N2O3/c1-2-3-5(6(10)11)8-7-4-9/h4-5H,2-3H2,1H3,(H,10,11)/t5-/m0/s1. The topological polar surface area (TPSA) is 79.1 Å². The molecule has 0 fully saturated rings. The lowest BCUT2D eigenvalue weighted by Gasteiger charge is -2.00. The van der Waals surface area contributed by atoms with Crippen molar-refractivity contribution in [1.29, 1.82) is 0 Å². The van der Waals surface area contributed by atoms with Crippen molar-refractivity contribution in [1.82, 2.24) is 0 Å². The van der Waals surface area contributed by atoms with E-state index in [1.165, 1.54) is 0 Å². The first-order chi connectivity index (χ1) is 5.22. The van der Waals surface area contributed by atoms with E-state index in [-0.39, 0.29) is 6.41 Å². The molecule has 0 unspecified atom stereocenters. The molecule has 0 radical (unpaired) electrons. The third-order valence-corrected chi connectivity index (χ3v) is 1.10. The second-order valence-corrected chi connectivity index (χ2v) is 1.98. The number of nitrogens with zero attached hydrogens (tertiary/aromatic N) is 2. The summed E-state index contributed by atoms with van der Waals surface area (Å²) in [7, 11) is 0. The van der Waals surface area contributed by atoms with Crippen LogP contribution in [0.15, 0.2) is 10.2 Å². The molecule has 0 saturated carbocycles. The summed E-state index contributed by atoms with van der Waals surface area (Å²) in [6.07, 6.45) is 1.34. The minimum atomic E-state index is -1.04. The molecule has 1 atom stereocenters. The molecule has 0 spiro atoms. The van der Waals surface area contributed by atoms with Gasteiger partial charge >= 0.3 is 5.97 Å². The van der Waals surface area contributed by atoms with Crippen molar-refractivity contribution < 1.29 is 14.7 Å². The smallest absolute Gasteiger partial charge is 0.330 e. The molecule has 0 aromatic rings. The van der Waals surface area contributed by atoms with Crippen LogP contribution in [0.2, 0.25) is 0 Å². The quantitative estimate of drug-likeness (QED) is 0.475. The summed E-state index contributed by atoms with van der Waals surface area (Å²) < 4.78 is 0. The fourth-order valence-electron chi connectivity index (χ4n) is 0.612. The molecule has 0 aliphatic heterocycles. The van der Waals surface area contributed by atoms with E-state index >= 15 is 0 Å². The Balaban J connectivity index is 3.98. The maximum atomic E-state index is 10.3. The maximum absolute atomic E-state index is 10.3. The van der Waals surface area contributed by atoms with E-state index in [0.29, 0.717) is 12.8 Å². The van der Waals surface area contributed by atoms with E-state index in [2.05, 4.69) is 10.2 Å². The number of hydrogen-bond donors (Lipinski definition) is 1. The van der Waals surface area contributed by atoms with Crippen LogP contribution in [0.4, 0.5) is 0 Å². The molecule has 5 nitrogen and oxygen atoms in total. The number of carbonyl (C=O) groups excluding carboxylic acids is 1. The normalized spacial score (nSPS) is 13.2. The Bertz CT molecular complexity index is 167. The number of carboxylic acids is 1. The van der Waals surface area contributed by atoms with Gasteiger partial charge in [-0.25, -0.2) is 4.79 Å². The Hall–Kier alpha value is -1.26. The lowest BCUT2D eigenvalue weighted by atomic mass is 10.2. The largest absolute Gasteiger partial charge is 0.480 e. The van der Waals surface area contributed by atoms with Crippen LogP contribution in [0, 0.1) is 0 Å². The van der Waals surface area contributed by atoms with Gasteiger partial charge in [-0.1, -0.05) is 13.3 Å². The van der Waals surface area contributed by atoms with Gasteiger partial charge in [0.15, 0.2) is 6.04 Å². The van der Waals surface area contributed by atoms with E-state index in [9.17, 15) is 9.59 Å². The first-order valence-corrected chi connectivity index (χ1v) is 3.28. The zero-order chi connectivity index (χ0) is 8.69. The van der Waals surface area contributed by atoms with Crippen molar-refractivity contribution in [3.8, 4) is 0 Å². The SMILES string of the molecule is CCC[C@H](N=NC=O)C(=O)O. The molecule has 0 aliphatic carbocycles. The predicted octanol–water partition coefficient (Wildman–Crippen LogP) is 0.848. The first-order valence-electron chi connectivity index (χ1n) is 3.28. The molecule has 1 N–H and O–H groups in total. The second kappa shape index (κ2) is 5.52. The highest BCUT2D eigenvalue weighted by molar-refractivity contribution is 5.73. The van der Waals surface area contributed by atoms with E-state index in [0.717, 1.165) is 0 Å². The second-order valence-electron chi connectivity index (χ2n) is 1.98. The fourth-order valence-corrected chi connectivity index (χ4v) is 0.612. The fraction of sp³-hybridized carbons (Fsp3) is 0.667. The number of carbonyl (C=O) groups is 2. The van der Waals surface area contributed by atoms with Gasteiger partial charge in [0.05, 0.1) is 0 Å². The Morgan fingerprint density at radius 1 is 1.73 bits per heavy atom. The third-order valence-electron chi connectivity index (χ3n) is 1.10. The highest BCUT2D eigenvalue weighted by atomic mass is 16.4. The molecule has 62 valence electrons. The van der Waals surface area contributed by atoms with Crippen molar-refractivity contribution in [3.63, 3.8) is 0 Å². The Morgan fingerprint density at radius 3 is 2.73 bits per heavy atom. The Morgan fingerprint density at radius 2 is 2.36 bits per heavy atom. The molecule has 0 rings (SSSR count). The van der Waals surface area contributed by atoms with Crippen molar-refractivity contribution >= 4 is 12.4 Å². The third kappa shape index (κ3) is 4.19. The van der Waals surface area contributed by atoms with Gasteiger partial charge in [-0.05, 0) is 6.42 Å². The van der Waals surface area contributed by atoms with Crippen molar-refractivity contribution in [2.24, 2.45) is 10.2 Å². The van der Waals surface area contributed by atoms with Gasteiger partial charge in [0.1, 0.15) is 0 Å². The molecule has 0 saturated heterocycles. The highest BCUT2D eigenvalue weighted by Crippen LogP contribution is 2.01. The average Bonchev–Trinajstić information content (AvgIpc) is 1.97. The van der Waals surface area contributed by atoms with Gasteiger partial charge in [0, 0.05) is 0 Å². The van der Waals surface area contributed by atoms with Gasteiger partial charge < -0.3 is 5.11 Å². The lowest BCUT2D eigenvalue weighted by Crippen LogP contribution is -2.16. The van der Waals surface area contributed by atoms with Crippen molar-refractivity contribution in [2.75, 3.05) is 0 Å². The minimum absolute atomic E-state index is 0.228. The minimum Gasteiger partial charge on any atom is -0.480 e. The van der Waals surface area contributed by atoms with Crippen molar-refractivity contribution in [2.45, 2.75) is 25.8 Å². The van der Waals surface area contributed by atoms with Gasteiger partial charge in [0.2, 0.25) is 0 Å². The Labute approximate surface area is 64.1 Å². The Kier molecular flexibility index (Phi) is 4.89. The van der Waals surface area contributed by atoms with E-state index in [1.54, 1.807) is 0 Å². The first kappa shape index (κ1) is 9.74. The maximum Gasteiger partial charge on any atom is 0.330 e. The average molecular weight is 158 g/mol. The van der Waals surface area contributed by atoms with E-state index < -0.39 is 12.0 Å². The molecule has 0 bridgehead atoms. The molecule has 0 aromatic heterocycles. The zero-order valence-corrected chi connectivity index (χ0v) is 6.23. The van der Waals surface area contributed by atoms with Crippen LogP contribution in [0.1, 0.15) is 19.8 Å². The molecular weight excluding hydrogens is 148 g/mol. The summed E-state index contributed by atoms with van der Waals surface area (Å²) in [4.78, 5) is 20.0. The van der Waals surface area contributed by atoms with Crippen LogP contribution in [-0.4, -0.2) is 23.5 Å². The summed E-state index contributed by atoms with van der Waals surface area (Å²) in [5.74, 6) is -1.04. The molecule has 0 heterocycles. The molecule has 11 heavy (non-hydrogen) atoms. The van der Waals surface area contributed by atoms with Crippen LogP contribution in [-0.2, 0) is 9.59 Å². The molecular formula is C6H10N2O3.